The minimum absolute atomic E-state index is 0.0183. The summed E-state index contributed by atoms with van der Waals surface area (Å²) in [6, 6.07) is 18.3. The Bertz CT molecular complexity index is 1960. The standard InChI is InChI=1S/C33H31N9O6/c1-38-31(30(36-37-38)24-6-3-4-7-28(24)48-2)33(45)40-16-14-39(15-17-40)26-19-25(27(42(46)47)18-22(26)20-34)35-32(44)21-9-11-23(12-10-21)41-13-5-8-29(41)43/h3-4,6-7,9-12,18-19H,5,8,13-17H2,1-2H3,(H,35,44). The highest BCUT2D eigenvalue weighted by molar-refractivity contribution is 6.06. The molecule has 0 radical (unpaired) electrons. The number of anilines is 3. The van der Waals surface area contributed by atoms with Crippen LogP contribution in [0.2, 0.25) is 0 Å². The molecule has 15 nitrogen and oxygen atoms in total. The van der Waals surface area contributed by atoms with E-state index in [0.29, 0.717) is 60.1 Å². The average molecular weight is 650 g/mol. The van der Waals surface area contributed by atoms with E-state index in [2.05, 4.69) is 15.6 Å². The number of benzene rings is 3. The number of piperazine rings is 1. The number of carbonyl (C=O) groups is 3. The number of hydrogen-bond acceptors (Lipinski definition) is 10. The maximum atomic E-state index is 13.8. The molecule has 2 saturated heterocycles. The summed E-state index contributed by atoms with van der Waals surface area (Å²) in [5.41, 5.74) is 2.20. The summed E-state index contributed by atoms with van der Waals surface area (Å²) in [7, 11) is 3.18. The van der Waals surface area contributed by atoms with Crippen LogP contribution < -0.4 is 19.9 Å². The fourth-order valence-corrected chi connectivity index (χ4v) is 6.01. The van der Waals surface area contributed by atoms with Crippen LogP contribution in [0, 0.1) is 21.4 Å². The smallest absolute Gasteiger partial charge is 0.294 e. The van der Waals surface area contributed by atoms with Gasteiger partial charge in [-0.25, -0.2) is 4.68 Å². The molecule has 1 N–H and O–H groups in total. The predicted molar refractivity (Wildman–Crippen MR) is 175 cm³/mol. The molecule has 6 rings (SSSR count). The zero-order chi connectivity index (χ0) is 33.9. The molecule has 0 saturated carbocycles. The second kappa shape index (κ2) is 13.2. The van der Waals surface area contributed by atoms with Crippen molar-refractivity contribution in [3.05, 3.63) is 87.6 Å². The molecule has 4 aromatic rings. The molecule has 15 heteroatoms. The summed E-state index contributed by atoms with van der Waals surface area (Å²) in [5, 5.41) is 32.8. The summed E-state index contributed by atoms with van der Waals surface area (Å²) < 4.78 is 6.89. The van der Waals surface area contributed by atoms with Crippen LogP contribution in [0.15, 0.2) is 60.7 Å². The van der Waals surface area contributed by atoms with Gasteiger partial charge in [-0.1, -0.05) is 17.3 Å². The van der Waals surface area contributed by atoms with Gasteiger partial charge in [0, 0.05) is 69.1 Å². The van der Waals surface area contributed by atoms with Gasteiger partial charge in [-0.15, -0.1) is 5.10 Å². The molecule has 3 amide bonds. The number of methoxy groups -OCH3 is 1. The number of nitrogens with one attached hydrogen (secondary N) is 1. The lowest BCUT2D eigenvalue weighted by molar-refractivity contribution is -0.383. The molecule has 1 aromatic heterocycles. The van der Waals surface area contributed by atoms with Crippen molar-refractivity contribution in [2.24, 2.45) is 7.05 Å². The third kappa shape index (κ3) is 5.98. The number of amides is 3. The van der Waals surface area contributed by atoms with E-state index in [4.69, 9.17) is 4.74 Å². The van der Waals surface area contributed by atoms with Crippen molar-refractivity contribution in [3.63, 3.8) is 0 Å². The van der Waals surface area contributed by atoms with E-state index in [1.807, 2.05) is 23.1 Å². The van der Waals surface area contributed by atoms with Gasteiger partial charge in [0.2, 0.25) is 5.91 Å². The van der Waals surface area contributed by atoms with Gasteiger partial charge in [-0.05, 0) is 48.9 Å². The molecule has 2 aliphatic rings. The summed E-state index contributed by atoms with van der Waals surface area (Å²) in [5.74, 6) is -0.290. The molecular weight excluding hydrogens is 618 g/mol. The van der Waals surface area contributed by atoms with Gasteiger partial charge < -0.3 is 24.8 Å². The second-order valence-corrected chi connectivity index (χ2v) is 11.3. The van der Waals surface area contributed by atoms with E-state index in [1.165, 1.54) is 17.9 Å². The number of nitro groups is 1. The van der Waals surface area contributed by atoms with Crippen LogP contribution >= 0.6 is 0 Å². The Kier molecular flexibility index (Phi) is 8.71. The minimum atomic E-state index is -0.653. The number of aromatic nitrogens is 3. The summed E-state index contributed by atoms with van der Waals surface area (Å²) >= 11 is 0. The number of aryl methyl sites for hydroxylation is 1. The third-order valence-corrected chi connectivity index (χ3v) is 8.49. The molecule has 2 aliphatic heterocycles. The topological polar surface area (TPSA) is 180 Å². The van der Waals surface area contributed by atoms with Crippen LogP contribution in [-0.2, 0) is 11.8 Å². The monoisotopic (exact) mass is 649 g/mol. The molecule has 244 valence electrons. The first-order valence-electron chi connectivity index (χ1n) is 15.2. The fourth-order valence-electron chi connectivity index (χ4n) is 6.01. The molecule has 3 aromatic carbocycles. The fraction of sp³-hybridized carbons (Fsp3) is 0.273. The molecule has 0 atom stereocenters. The molecule has 48 heavy (non-hydrogen) atoms. The van der Waals surface area contributed by atoms with Crippen LogP contribution in [0.25, 0.3) is 11.3 Å². The van der Waals surface area contributed by atoms with Crippen LogP contribution in [0.1, 0.15) is 39.3 Å². The van der Waals surface area contributed by atoms with Gasteiger partial charge >= 0.3 is 0 Å². The first kappa shape index (κ1) is 31.7. The van der Waals surface area contributed by atoms with Crippen LogP contribution in [0.4, 0.5) is 22.7 Å². The largest absolute Gasteiger partial charge is 0.496 e. The van der Waals surface area contributed by atoms with Crippen LogP contribution in [0.5, 0.6) is 5.75 Å². The Morgan fingerprint density at radius 1 is 1.04 bits per heavy atom. The van der Waals surface area contributed by atoms with Crippen molar-refractivity contribution in [2.75, 3.05) is 55.0 Å². The Labute approximate surface area is 275 Å². The van der Waals surface area contributed by atoms with E-state index in [9.17, 15) is 29.8 Å². The lowest BCUT2D eigenvalue weighted by Gasteiger charge is -2.36. The van der Waals surface area contributed by atoms with E-state index in [0.717, 1.165) is 12.5 Å². The van der Waals surface area contributed by atoms with Crippen molar-refractivity contribution in [1.82, 2.24) is 19.9 Å². The molecule has 0 spiro atoms. The summed E-state index contributed by atoms with van der Waals surface area (Å²) in [6.45, 7) is 1.81. The van der Waals surface area contributed by atoms with Crippen molar-refractivity contribution >= 4 is 40.5 Å². The van der Waals surface area contributed by atoms with Crippen LogP contribution in [-0.4, -0.2) is 82.4 Å². The number of nitrogens with zero attached hydrogens (tertiary/aromatic N) is 8. The van der Waals surface area contributed by atoms with Gasteiger partial charge in [0.15, 0.2) is 5.69 Å². The van der Waals surface area contributed by atoms with Gasteiger partial charge in [-0.2, -0.15) is 5.26 Å². The highest BCUT2D eigenvalue weighted by Crippen LogP contribution is 2.35. The highest BCUT2D eigenvalue weighted by atomic mass is 16.6. The number of para-hydroxylation sites is 1. The highest BCUT2D eigenvalue weighted by Gasteiger charge is 2.31. The Morgan fingerprint density at radius 2 is 1.77 bits per heavy atom. The van der Waals surface area contributed by atoms with Gasteiger partial charge in [0.05, 0.1) is 23.3 Å². The number of carbonyl (C=O) groups excluding carboxylic acids is 3. The third-order valence-electron chi connectivity index (χ3n) is 8.49. The van der Waals surface area contributed by atoms with E-state index < -0.39 is 16.5 Å². The molecular formula is C33H31N9O6. The summed E-state index contributed by atoms with van der Waals surface area (Å²) in [6.07, 6.45) is 1.24. The maximum Gasteiger partial charge on any atom is 0.294 e. The van der Waals surface area contributed by atoms with Gasteiger partial charge in [-0.3, -0.25) is 24.5 Å². The quantitative estimate of drug-likeness (QED) is 0.219. The lowest BCUT2D eigenvalue weighted by atomic mass is 10.1. The second-order valence-electron chi connectivity index (χ2n) is 11.3. The van der Waals surface area contributed by atoms with Gasteiger partial charge in [0.1, 0.15) is 23.2 Å². The van der Waals surface area contributed by atoms with Crippen LogP contribution in [0.3, 0.4) is 0 Å². The number of nitriles is 1. The first-order valence-corrected chi connectivity index (χ1v) is 15.2. The normalized spacial score (nSPS) is 14.5. The maximum absolute atomic E-state index is 13.8. The number of hydrogen-bond donors (Lipinski definition) is 1. The van der Waals surface area contributed by atoms with E-state index in [1.54, 1.807) is 53.2 Å². The first-order chi connectivity index (χ1) is 23.2. The van der Waals surface area contributed by atoms with Crippen molar-refractivity contribution < 1.29 is 24.0 Å². The zero-order valence-corrected chi connectivity index (χ0v) is 26.3. The summed E-state index contributed by atoms with van der Waals surface area (Å²) in [4.78, 5) is 55.5. The molecule has 0 unspecified atom stereocenters. The molecule has 0 bridgehead atoms. The molecule has 3 heterocycles. The van der Waals surface area contributed by atoms with E-state index in [-0.39, 0.29) is 41.7 Å². The van der Waals surface area contributed by atoms with Crippen molar-refractivity contribution in [2.45, 2.75) is 12.8 Å². The number of rotatable bonds is 8. The molecule has 0 aliphatic carbocycles. The van der Waals surface area contributed by atoms with Gasteiger partial charge in [0.25, 0.3) is 17.5 Å². The average Bonchev–Trinajstić information content (AvgIpc) is 3.72. The lowest BCUT2D eigenvalue weighted by Crippen LogP contribution is -2.49. The van der Waals surface area contributed by atoms with Crippen molar-refractivity contribution in [3.8, 4) is 23.1 Å². The Balaban J connectivity index is 1.20. The minimum Gasteiger partial charge on any atom is -0.496 e. The SMILES string of the molecule is COc1ccccc1-c1nnn(C)c1C(=O)N1CCN(c2cc(NC(=O)c3ccc(N4CCCC4=O)cc3)c([N+](=O)[O-])cc2C#N)CC1. The van der Waals surface area contributed by atoms with Crippen molar-refractivity contribution in [1.29, 1.82) is 5.26 Å². The van der Waals surface area contributed by atoms with E-state index >= 15 is 0 Å². The number of nitro benzene ring substituents is 1. The Morgan fingerprint density at radius 3 is 2.42 bits per heavy atom. The molecule has 2 fully saturated rings. The number of ether oxygens (including phenoxy) is 1. The Hall–Kier alpha value is -6.30. The zero-order valence-electron chi connectivity index (χ0n) is 26.3. The predicted octanol–water partition coefficient (Wildman–Crippen LogP) is 3.61.